The van der Waals surface area contributed by atoms with Gasteiger partial charge in [-0.05, 0) is 44.2 Å². The van der Waals surface area contributed by atoms with E-state index in [2.05, 4.69) is 10.6 Å². The number of aliphatic carboxylic acids is 1. The molecule has 2 rings (SSSR count). The minimum Gasteiger partial charge on any atom is -0.481 e. The van der Waals surface area contributed by atoms with Crippen LogP contribution in [0.3, 0.4) is 0 Å². The molecule has 0 spiro atoms. The van der Waals surface area contributed by atoms with Crippen LogP contribution < -0.4 is 10.6 Å². The Hall–Kier alpha value is -1.30. The second-order valence-corrected chi connectivity index (χ2v) is 6.61. The summed E-state index contributed by atoms with van der Waals surface area (Å²) < 4.78 is 0. The quantitative estimate of drug-likeness (QED) is 0.621. The average Bonchev–Trinajstić information content (AvgIpc) is 3.10. The number of hydrogen-bond donors (Lipinski definition) is 4. The standard InChI is InChI=1S/C8H14O2.C6H12N2O2/c1-7(2,3)8(4-5-8)6(9)10;9-6(10)8-5-1-3-7-4-2-5/h4-5H2,1-3H3,(H,9,10);5,7-8H,1-4H2,(H,9,10). The van der Waals surface area contributed by atoms with E-state index in [0.29, 0.717) is 0 Å². The zero-order valence-electron chi connectivity index (χ0n) is 12.5. The minimum atomic E-state index is -0.910. The van der Waals surface area contributed by atoms with Crippen molar-refractivity contribution in [2.24, 2.45) is 10.8 Å². The van der Waals surface area contributed by atoms with Crippen molar-refractivity contribution < 1.29 is 19.8 Å². The van der Waals surface area contributed by atoms with Crippen molar-refractivity contribution in [2.45, 2.75) is 52.5 Å². The number of rotatable bonds is 2. The molecule has 0 bridgehead atoms. The summed E-state index contributed by atoms with van der Waals surface area (Å²) in [4.78, 5) is 20.9. The highest BCUT2D eigenvalue weighted by Gasteiger charge is 2.58. The number of piperidine rings is 1. The van der Waals surface area contributed by atoms with E-state index in [-0.39, 0.29) is 11.5 Å². The van der Waals surface area contributed by atoms with E-state index in [1.807, 2.05) is 20.8 Å². The maximum atomic E-state index is 10.7. The molecule has 1 aliphatic carbocycles. The molecule has 0 radical (unpaired) electrons. The monoisotopic (exact) mass is 286 g/mol. The van der Waals surface area contributed by atoms with Gasteiger partial charge >= 0.3 is 12.1 Å². The zero-order valence-corrected chi connectivity index (χ0v) is 12.5. The molecule has 6 heteroatoms. The number of amides is 1. The van der Waals surface area contributed by atoms with E-state index in [1.54, 1.807) is 0 Å². The first-order valence-corrected chi connectivity index (χ1v) is 7.12. The molecule has 2 fully saturated rings. The third-order valence-electron chi connectivity index (χ3n) is 4.26. The predicted molar refractivity (Wildman–Crippen MR) is 75.8 cm³/mol. The van der Waals surface area contributed by atoms with Crippen LogP contribution in [0.1, 0.15) is 46.5 Å². The molecule has 1 amide bonds. The van der Waals surface area contributed by atoms with Crippen molar-refractivity contribution in [2.75, 3.05) is 13.1 Å². The van der Waals surface area contributed by atoms with E-state index >= 15 is 0 Å². The van der Waals surface area contributed by atoms with Gasteiger partial charge in [0.1, 0.15) is 0 Å². The van der Waals surface area contributed by atoms with Crippen LogP contribution in [-0.4, -0.2) is 41.4 Å². The highest BCUT2D eigenvalue weighted by atomic mass is 16.4. The second kappa shape index (κ2) is 6.43. The number of carboxylic acids is 1. The van der Waals surface area contributed by atoms with E-state index in [0.717, 1.165) is 38.8 Å². The Morgan fingerprint density at radius 1 is 1.15 bits per heavy atom. The third kappa shape index (κ3) is 4.37. The summed E-state index contributed by atoms with van der Waals surface area (Å²) in [5, 5.41) is 22.8. The lowest BCUT2D eigenvalue weighted by atomic mass is 9.78. The predicted octanol–water partition coefficient (Wildman–Crippen LogP) is 1.90. The molecule has 20 heavy (non-hydrogen) atoms. The summed E-state index contributed by atoms with van der Waals surface area (Å²) in [6.45, 7) is 7.83. The molecule has 1 saturated heterocycles. The van der Waals surface area contributed by atoms with E-state index in [1.165, 1.54) is 0 Å². The molecule has 1 heterocycles. The van der Waals surface area contributed by atoms with Crippen molar-refractivity contribution >= 4 is 12.1 Å². The smallest absolute Gasteiger partial charge is 0.404 e. The van der Waals surface area contributed by atoms with E-state index in [9.17, 15) is 9.59 Å². The first kappa shape index (κ1) is 16.8. The molecule has 4 N–H and O–H groups in total. The second-order valence-electron chi connectivity index (χ2n) is 6.61. The van der Waals surface area contributed by atoms with Crippen LogP contribution >= 0.6 is 0 Å². The molecule has 0 unspecified atom stereocenters. The highest BCUT2D eigenvalue weighted by Crippen LogP contribution is 2.58. The first-order valence-electron chi connectivity index (χ1n) is 7.12. The van der Waals surface area contributed by atoms with Gasteiger partial charge in [-0.1, -0.05) is 20.8 Å². The summed E-state index contributed by atoms with van der Waals surface area (Å²) in [7, 11) is 0. The van der Waals surface area contributed by atoms with Gasteiger partial charge in [0, 0.05) is 6.04 Å². The lowest BCUT2D eigenvalue weighted by Gasteiger charge is -2.26. The van der Waals surface area contributed by atoms with Crippen molar-refractivity contribution in [1.29, 1.82) is 0 Å². The van der Waals surface area contributed by atoms with Gasteiger partial charge in [0.15, 0.2) is 0 Å². The molecule has 0 atom stereocenters. The van der Waals surface area contributed by atoms with Gasteiger partial charge < -0.3 is 20.8 Å². The SMILES string of the molecule is CC(C)(C)C1(C(=O)O)CC1.O=C(O)NC1CCNCC1. The Balaban J connectivity index is 0.000000200. The maximum Gasteiger partial charge on any atom is 0.404 e. The molecule has 0 aromatic rings. The number of nitrogens with one attached hydrogen (secondary N) is 2. The topological polar surface area (TPSA) is 98.7 Å². The lowest BCUT2D eigenvalue weighted by Crippen LogP contribution is -2.42. The zero-order chi connectivity index (χ0) is 15.4. The summed E-state index contributed by atoms with van der Waals surface area (Å²) >= 11 is 0. The van der Waals surface area contributed by atoms with Crippen molar-refractivity contribution in [1.82, 2.24) is 10.6 Å². The van der Waals surface area contributed by atoms with E-state index in [4.69, 9.17) is 10.2 Å². The Kier molecular flexibility index (Phi) is 5.39. The van der Waals surface area contributed by atoms with Crippen LogP contribution in [0.15, 0.2) is 0 Å². The van der Waals surface area contributed by atoms with Crippen LogP contribution in [0, 0.1) is 10.8 Å². The number of hydrogen-bond acceptors (Lipinski definition) is 3. The molecule has 6 nitrogen and oxygen atoms in total. The van der Waals surface area contributed by atoms with Gasteiger partial charge in [-0.15, -0.1) is 0 Å². The van der Waals surface area contributed by atoms with Crippen LogP contribution in [0.4, 0.5) is 4.79 Å². The first-order chi connectivity index (χ1) is 9.19. The van der Waals surface area contributed by atoms with Gasteiger partial charge in [-0.25, -0.2) is 4.79 Å². The summed E-state index contributed by atoms with van der Waals surface area (Å²) in [5.74, 6) is -0.625. The van der Waals surface area contributed by atoms with Crippen molar-refractivity contribution in [3.63, 3.8) is 0 Å². The minimum absolute atomic E-state index is 0.0706. The van der Waals surface area contributed by atoms with Crippen LogP contribution in [0.25, 0.3) is 0 Å². The Bertz CT molecular complexity index is 353. The summed E-state index contributed by atoms with van der Waals surface area (Å²) in [5.41, 5.74) is -0.466. The van der Waals surface area contributed by atoms with Gasteiger partial charge in [0.2, 0.25) is 0 Å². The average molecular weight is 286 g/mol. The summed E-state index contributed by atoms with van der Waals surface area (Å²) in [6.07, 6.45) is 2.61. The largest absolute Gasteiger partial charge is 0.481 e. The molecular weight excluding hydrogens is 260 g/mol. The number of carbonyl (C=O) groups is 2. The fraction of sp³-hybridized carbons (Fsp3) is 0.857. The van der Waals surface area contributed by atoms with Crippen LogP contribution in [-0.2, 0) is 4.79 Å². The highest BCUT2D eigenvalue weighted by molar-refractivity contribution is 5.78. The fourth-order valence-corrected chi connectivity index (χ4v) is 2.55. The molecule has 0 aromatic carbocycles. The third-order valence-corrected chi connectivity index (χ3v) is 4.26. The Morgan fingerprint density at radius 3 is 1.90 bits per heavy atom. The molecule has 2 aliphatic rings. The number of carboxylic acid groups (broad SMARTS) is 2. The van der Waals surface area contributed by atoms with Gasteiger partial charge in [-0.2, -0.15) is 0 Å². The van der Waals surface area contributed by atoms with Crippen molar-refractivity contribution in [3.8, 4) is 0 Å². The molecule has 116 valence electrons. The normalized spacial score (nSPS) is 21.4. The Labute approximate surface area is 119 Å². The van der Waals surface area contributed by atoms with Gasteiger partial charge in [0.05, 0.1) is 5.41 Å². The molecular formula is C14H26N2O4. The van der Waals surface area contributed by atoms with Gasteiger partial charge in [-0.3, -0.25) is 4.79 Å². The lowest BCUT2D eigenvalue weighted by molar-refractivity contribution is -0.147. The Morgan fingerprint density at radius 2 is 1.65 bits per heavy atom. The van der Waals surface area contributed by atoms with Crippen LogP contribution in [0.2, 0.25) is 0 Å². The van der Waals surface area contributed by atoms with Crippen LogP contribution in [0.5, 0.6) is 0 Å². The fourth-order valence-electron chi connectivity index (χ4n) is 2.55. The van der Waals surface area contributed by atoms with Crippen molar-refractivity contribution in [3.05, 3.63) is 0 Å². The maximum absolute atomic E-state index is 10.7. The van der Waals surface area contributed by atoms with E-state index < -0.39 is 17.5 Å². The molecule has 1 saturated carbocycles. The molecule has 0 aromatic heterocycles. The molecule has 1 aliphatic heterocycles. The van der Waals surface area contributed by atoms with Gasteiger partial charge in [0.25, 0.3) is 0 Å². The summed E-state index contributed by atoms with van der Waals surface area (Å²) in [6, 6.07) is 0.166.